The van der Waals surface area contributed by atoms with Gasteiger partial charge in [0.25, 0.3) is 5.91 Å². The Hall–Kier alpha value is -1.95. The van der Waals surface area contributed by atoms with Crippen LogP contribution in [0.4, 0.5) is 5.13 Å². The molecule has 0 radical (unpaired) electrons. The van der Waals surface area contributed by atoms with E-state index in [-0.39, 0.29) is 11.3 Å². The highest BCUT2D eigenvalue weighted by molar-refractivity contribution is 7.22. The van der Waals surface area contributed by atoms with E-state index in [4.69, 9.17) is 16.6 Å². The van der Waals surface area contributed by atoms with Crippen molar-refractivity contribution in [1.29, 1.82) is 0 Å². The van der Waals surface area contributed by atoms with Crippen molar-refractivity contribution in [3.05, 3.63) is 58.1 Å². The summed E-state index contributed by atoms with van der Waals surface area (Å²) < 4.78 is 1.00. The summed E-state index contributed by atoms with van der Waals surface area (Å²) in [6.07, 6.45) is 0. The van der Waals surface area contributed by atoms with Gasteiger partial charge in [-0.2, -0.15) is 0 Å². The molecule has 0 fully saturated rings. The summed E-state index contributed by atoms with van der Waals surface area (Å²) in [5.41, 5.74) is 3.88. The van der Waals surface area contributed by atoms with Crippen molar-refractivity contribution in [2.75, 3.05) is 31.1 Å². The van der Waals surface area contributed by atoms with Crippen LogP contribution in [-0.2, 0) is 5.41 Å². The number of benzene rings is 2. The molecule has 0 unspecified atom stereocenters. The Bertz CT molecular complexity index is 1050. The monoisotopic (exact) mass is 457 g/mol. The number of halogens is 1. The lowest BCUT2D eigenvalue weighted by molar-refractivity contribution is 0.0983. The molecule has 2 aromatic carbocycles. The number of rotatable bonds is 7. The van der Waals surface area contributed by atoms with E-state index in [0.717, 1.165) is 40.5 Å². The normalized spacial score (nSPS) is 12.0. The number of carbonyl (C=O) groups is 1. The Labute approximate surface area is 194 Å². The fourth-order valence-electron chi connectivity index (χ4n) is 3.59. The van der Waals surface area contributed by atoms with E-state index in [0.29, 0.717) is 17.1 Å². The van der Waals surface area contributed by atoms with Crippen LogP contribution >= 0.6 is 22.9 Å². The zero-order valence-corrected chi connectivity index (χ0v) is 20.9. The van der Waals surface area contributed by atoms with E-state index >= 15 is 0 Å². The molecule has 4 nitrogen and oxygen atoms in total. The minimum absolute atomic E-state index is 0.0181. The lowest BCUT2D eigenvalue weighted by Gasteiger charge is -2.25. The molecule has 1 amide bonds. The number of anilines is 1. The molecule has 1 heterocycles. The van der Waals surface area contributed by atoms with Gasteiger partial charge in [0.05, 0.1) is 10.2 Å². The van der Waals surface area contributed by atoms with Crippen LogP contribution in [0.25, 0.3) is 10.2 Å². The number of aromatic nitrogens is 1. The van der Waals surface area contributed by atoms with E-state index in [2.05, 4.69) is 51.7 Å². The molecule has 0 saturated heterocycles. The number of fused-ring (bicyclic) bond motifs is 1. The molecule has 0 aliphatic heterocycles. The van der Waals surface area contributed by atoms with E-state index < -0.39 is 0 Å². The molecule has 3 rings (SSSR count). The first-order valence-electron chi connectivity index (χ1n) is 10.9. The van der Waals surface area contributed by atoms with E-state index in [9.17, 15) is 4.79 Å². The highest BCUT2D eigenvalue weighted by atomic mass is 35.5. The van der Waals surface area contributed by atoms with Gasteiger partial charge in [-0.15, -0.1) is 0 Å². The van der Waals surface area contributed by atoms with Gasteiger partial charge in [-0.1, -0.05) is 69.7 Å². The Morgan fingerprint density at radius 1 is 1.06 bits per heavy atom. The van der Waals surface area contributed by atoms with E-state index in [1.165, 1.54) is 16.9 Å². The molecule has 1 aromatic heterocycles. The van der Waals surface area contributed by atoms with Crippen molar-refractivity contribution < 1.29 is 4.79 Å². The number of hydrogen-bond acceptors (Lipinski definition) is 4. The zero-order chi connectivity index (χ0) is 22.8. The molecule has 0 aliphatic rings. The van der Waals surface area contributed by atoms with Crippen LogP contribution in [0.5, 0.6) is 0 Å². The Morgan fingerprint density at radius 2 is 1.71 bits per heavy atom. The van der Waals surface area contributed by atoms with Gasteiger partial charge < -0.3 is 4.90 Å². The third kappa shape index (κ3) is 5.46. The van der Waals surface area contributed by atoms with Gasteiger partial charge in [0, 0.05) is 23.7 Å². The Morgan fingerprint density at radius 3 is 2.29 bits per heavy atom. The van der Waals surface area contributed by atoms with Crippen LogP contribution in [0.15, 0.2) is 36.4 Å². The first-order chi connectivity index (χ1) is 14.6. The lowest BCUT2D eigenvalue weighted by atomic mass is 9.86. The van der Waals surface area contributed by atoms with Crippen LogP contribution in [0.2, 0.25) is 5.02 Å². The number of aryl methyl sites for hydroxylation is 1. The van der Waals surface area contributed by atoms with Crippen molar-refractivity contribution in [3.63, 3.8) is 0 Å². The van der Waals surface area contributed by atoms with Crippen LogP contribution in [-0.4, -0.2) is 42.0 Å². The molecular formula is C25H32ClN3OS. The van der Waals surface area contributed by atoms with Crippen molar-refractivity contribution in [2.45, 2.75) is 47.0 Å². The predicted molar refractivity (Wildman–Crippen MR) is 134 cm³/mol. The molecule has 6 heteroatoms. The molecule has 0 spiro atoms. The summed E-state index contributed by atoms with van der Waals surface area (Å²) in [5, 5.41) is 1.41. The molecule has 31 heavy (non-hydrogen) atoms. The maximum Gasteiger partial charge on any atom is 0.260 e. The second-order valence-electron chi connectivity index (χ2n) is 8.88. The van der Waals surface area contributed by atoms with Crippen LogP contribution in [0.3, 0.4) is 0 Å². The van der Waals surface area contributed by atoms with Crippen molar-refractivity contribution >= 4 is 44.2 Å². The average molecular weight is 458 g/mol. The van der Waals surface area contributed by atoms with Crippen molar-refractivity contribution in [3.8, 4) is 0 Å². The number of nitrogens with zero attached hydrogens (tertiary/aromatic N) is 3. The van der Waals surface area contributed by atoms with Gasteiger partial charge in [0.2, 0.25) is 0 Å². The highest BCUT2D eigenvalue weighted by Crippen LogP contribution is 2.34. The number of amides is 1. The number of likely N-dealkylation sites (N-methyl/N-ethyl adjacent to an activating group) is 1. The molecule has 0 bridgehead atoms. The number of carbonyl (C=O) groups excluding carboxylic acids is 1. The van der Waals surface area contributed by atoms with Crippen molar-refractivity contribution in [2.24, 2.45) is 0 Å². The van der Waals surface area contributed by atoms with Gasteiger partial charge in [-0.05, 0) is 60.8 Å². The Balaban J connectivity index is 1.98. The maximum absolute atomic E-state index is 13.6. The third-order valence-corrected chi connectivity index (χ3v) is 6.89. The molecule has 0 N–H and O–H groups in total. The molecule has 166 valence electrons. The van der Waals surface area contributed by atoms with Gasteiger partial charge in [-0.3, -0.25) is 9.69 Å². The molecule has 0 atom stereocenters. The van der Waals surface area contributed by atoms with Crippen LogP contribution in [0, 0.1) is 6.92 Å². The maximum atomic E-state index is 13.6. The molecular weight excluding hydrogens is 426 g/mol. The van der Waals surface area contributed by atoms with Crippen molar-refractivity contribution in [1.82, 2.24) is 9.88 Å². The molecule has 0 aliphatic carbocycles. The van der Waals surface area contributed by atoms with Crippen LogP contribution < -0.4 is 4.90 Å². The second-order valence-corrected chi connectivity index (χ2v) is 10.3. The summed E-state index contributed by atoms with van der Waals surface area (Å²) >= 11 is 7.78. The minimum Gasteiger partial charge on any atom is -0.302 e. The average Bonchev–Trinajstić information content (AvgIpc) is 3.14. The SMILES string of the molecule is CCN(CC)CCN(C(=O)c1ccc(C(C)(C)C)cc1)c1nc2c(C)cc(Cl)cc2s1. The summed E-state index contributed by atoms with van der Waals surface area (Å²) in [6.45, 7) is 16.1. The zero-order valence-electron chi connectivity index (χ0n) is 19.3. The summed E-state index contributed by atoms with van der Waals surface area (Å²) in [4.78, 5) is 22.5. The van der Waals surface area contributed by atoms with E-state index in [1.54, 1.807) is 0 Å². The summed E-state index contributed by atoms with van der Waals surface area (Å²) in [5.74, 6) is -0.0181. The van der Waals surface area contributed by atoms with Gasteiger partial charge in [-0.25, -0.2) is 4.98 Å². The van der Waals surface area contributed by atoms with Crippen LogP contribution in [0.1, 0.15) is 56.1 Å². The quantitative estimate of drug-likeness (QED) is 0.404. The summed E-state index contributed by atoms with van der Waals surface area (Å²) in [6, 6.07) is 11.8. The fraction of sp³-hybridized carbons (Fsp3) is 0.440. The van der Waals surface area contributed by atoms with E-state index in [1.807, 2.05) is 36.1 Å². The smallest absolute Gasteiger partial charge is 0.260 e. The fourth-order valence-corrected chi connectivity index (χ4v) is 5.04. The summed E-state index contributed by atoms with van der Waals surface area (Å²) in [7, 11) is 0. The number of hydrogen-bond donors (Lipinski definition) is 0. The minimum atomic E-state index is -0.0181. The largest absolute Gasteiger partial charge is 0.302 e. The first-order valence-corrected chi connectivity index (χ1v) is 12.0. The molecule has 3 aromatic rings. The Kier molecular flexibility index (Phi) is 7.40. The first kappa shape index (κ1) is 23.7. The number of thiazole rings is 1. The highest BCUT2D eigenvalue weighted by Gasteiger charge is 2.23. The topological polar surface area (TPSA) is 36.4 Å². The predicted octanol–water partition coefficient (Wildman–Crippen LogP) is 6.54. The van der Waals surface area contributed by atoms with Gasteiger partial charge >= 0.3 is 0 Å². The standard InChI is InChI=1S/C25H32ClN3OS/c1-7-28(8-2)13-14-29(23(30)18-9-11-19(12-10-18)25(4,5)6)24-27-22-17(3)15-20(26)16-21(22)31-24/h9-12,15-16H,7-8,13-14H2,1-6H3. The molecule has 0 saturated carbocycles. The third-order valence-electron chi connectivity index (χ3n) is 5.65. The van der Waals surface area contributed by atoms with Gasteiger partial charge in [0.1, 0.15) is 0 Å². The van der Waals surface area contributed by atoms with Gasteiger partial charge in [0.15, 0.2) is 5.13 Å². The second kappa shape index (κ2) is 9.68. The lowest BCUT2D eigenvalue weighted by Crippen LogP contribution is -2.38.